The Morgan fingerprint density at radius 1 is 1.33 bits per heavy atom. The highest BCUT2D eigenvalue weighted by Gasteiger charge is 2.23. The number of benzene rings is 1. The van der Waals surface area contributed by atoms with Crippen LogP contribution in [-0.2, 0) is 16.6 Å². The Hall–Kier alpha value is -1.56. The van der Waals surface area contributed by atoms with Crippen molar-refractivity contribution in [1.29, 1.82) is 0 Å². The van der Waals surface area contributed by atoms with Crippen molar-refractivity contribution in [1.82, 2.24) is 4.98 Å². The maximum Gasteiger partial charge on any atom is 0.207 e. The van der Waals surface area contributed by atoms with Crippen LogP contribution in [0.2, 0.25) is 0 Å². The summed E-state index contributed by atoms with van der Waals surface area (Å²) >= 11 is 0. The van der Waals surface area contributed by atoms with Gasteiger partial charge in [-0.1, -0.05) is 13.0 Å². The van der Waals surface area contributed by atoms with Gasteiger partial charge in [-0.2, -0.15) is 0 Å². The molecule has 0 aliphatic carbocycles. The maximum atomic E-state index is 13.8. The van der Waals surface area contributed by atoms with Crippen molar-refractivity contribution in [3.8, 4) is 0 Å². The smallest absolute Gasteiger partial charge is 0.207 e. The third-order valence-electron chi connectivity index (χ3n) is 3.34. The molecule has 0 radical (unpaired) electrons. The molecule has 2 aromatic rings. The molecule has 0 aliphatic rings. The van der Waals surface area contributed by atoms with Gasteiger partial charge in [-0.3, -0.25) is 4.21 Å². The zero-order valence-electron chi connectivity index (χ0n) is 12.2. The fourth-order valence-electron chi connectivity index (χ4n) is 2.13. The summed E-state index contributed by atoms with van der Waals surface area (Å²) in [5.74, 6) is -0.137. The fraction of sp³-hybridized carbons (Fsp3) is 0.400. The monoisotopic (exact) mass is 313 g/mol. The summed E-state index contributed by atoms with van der Waals surface area (Å²) in [5.41, 5.74) is 1.01. The molecule has 0 saturated carbocycles. The van der Waals surface area contributed by atoms with Crippen LogP contribution in [-0.4, -0.2) is 9.19 Å². The molecule has 2 atom stereocenters. The number of nitrogens with zero attached hydrogens (tertiary/aromatic N) is 1. The lowest BCUT2D eigenvalue weighted by Gasteiger charge is -2.15. The van der Waals surface area contributed by atoms with Gasteiger partial charge in [0.1, 0.15) is 23.1 Å². The second-order valence-corrected chi connectivity index (χ2v) is 6.46. The van der Waals surface area contributed by atoms with Gasteiger partial charge in [0.05, 0.1) is 10.9 Å². The Balaban J connectivity index is 2.22. The Morgan fingerprint density at radius 3 is 2.57 bits per heavy atom. The summed E-state index contributed by atoms with van der Waals surface area (Å²) in [6.45, 7) is 5.41. The summed E-state index contributed by atoms with van der Waals surface area (Å²) in [4.78, 5) is 4.18. The molecular formula is C15H17F2NO2S. The maximum absolute atomic E-state index is 13.8. The number of hydrogen-bond donors (Lipinski definition) is 0. The van der Waals surface area contributed by atoms with E-state index in [-0.39, 0.29) is 11.3 Å². The number of oxazole rings is 1. The Labute approximate surface area is 124 Å². The predicted molar refractivity (Wildman–Crippen MR) is 77.2 cm³/mol. The number of hydrogen-bond acceptors (Lipinski definition) is 3. The number of aromatic nitrogens is 1. The third-order valence-corrected chi connectivity index (χ3v) is 5.09. The van der Waals surface area contributed by atoms with Crippen LogP contribution >= 0.6 is 0 Å². The van der Waals surface area contributed by atoms with Gasteiger partial charge in [-0.15, -0.1) is 0 Å². The summed E-state index contributed by atoms with van der Waals surface area (Å²) in [6, 6.07) is 3.34. The third kappa shape index (κ3) is 3.56. The van der Waals surface area contributed by atoms with E-state index in [1.807, 2.05) is 13.8 Å². The first-order chi connectivity index (χ1) is 9.92. The Bertz CT molecular complexity index is 650. The minimum Gasteiger partial charge on any atom is -0.445 e. The molecule has 1 aromatic carbocycles. The van der Waals surface area contributed by atoms with Gasteiger partial charge in [0, 0.05) is 22.4 Å². The van der Waals surface area contributed by atoms with Crippen LogP contribution < -0.4 is 0 Å². The first kappa shape index (κ1) is 15.8. The van der Waals surface area contributed by atoms with Crippen molar-refractivity contribution >= 4 is 10.8 Å². The lowest BCUT2D eigenvalue weighted by atomic mass is 10.1. The minimum absolute atomic E-state index is 0.115. The van der Waals surface area contributed by atoms with Crippen LogP contribution in [0.5, 0.6) is 0 Å². The molecular weight excluding hydrogens is 296 g/mol. The van der Waals surface area contributed by atoms with E-state index in [0.29, 0.717) is 18.1 Å². The normalized spacial score (nSPS) is 14.1. The van der Waals surface area contributed by atoms with Gasteiger partial charge in [0.25, 0.3) is 0 Å². The van der Waals surface area contributed by atoms with Crippen LogP contribution in [0.3, 0.4) is 0 Å². The van der Waals surface area contributed by atoms with Gasteiger partial charge < -0.3 is 4.42 Å². The zero-order chi connectivity index (χ0) is 15.6. The number of halogens is 2. The van der Waals surface area contributed by atoms with Gasteiger partial charge in [-0.25, -0.2) is 13.8 Å². The first-order valence-corrected chi connectivity index (χ1v) is 8.05. The lowest BCUT2D eigenvalue weighted by molar-refractivity contribution is 0.487. The SMILES string of the molecule is CC[C@@H](c1ccc(F)cc1F)[S@](=O)Cc1nc(C)c(C)o1. The fourth-order valence-corrected chi connectivity index (χ4v) is 3.55. The highest BCUT2D eigenvalue weighted by Crippen LogP contribution is 2.28. The molecule has 6 heteroatoms. The topological polar surface area (TPSA) is 43.1 Å². The zero-order valence-corrected chi connectivity index (χ0v) is 13.0. The Kier molecular flexibility index (Phi) is 4.88. The molecule has 1 aromatic heterocycles. The molecule has 2 rings (SSSR count). The summed E-state index contributed by atoms with van der Waals surface area (Å²) in [7, 11) is -1.39. The molecule has 114 valence electrons. The second-order valence-electron chi connectivity index (χ2n) is 4.84. The van der Waals surface area contributed by atoms with E-state index in [0.717, 1.165) is 11.8 Å². The molecule has 0 saturated heterocycles. The molecule has 0 fully saturated rings. The second kappa shape index (κ2) is 6.47. The van der Waals surface area contributed by atoms with Gasteiger partial charge in [0.15, 0.2) is 0 Å². The largest absolute Gasteiger partial charge is 0.445 e. The first-order valence-electron chi connectivity index (χ1n) is 6.67. The van der Waals surface area contributed by atoms with Crippen molar-refractivity contribution in [2.45, 2.75) is 38.2 Å². The highest BCUT2D eigenvalue weighted by atomic mass is 32.2. The van der Waals surface area contributed by atoms with E-state index >= 15 is 0 Å². The summed E-state index contributed by atoms with van der Waals surface area (Å²) in [5, 5.41) is -0.516. The molecule has 0 unspecified atom stereocenters. The van der Waals surface area contributed by atoms with Crippen LogP contribution in [0.1, 0.15) is 41.5 Å². The van der Waals surface area contributed by atoms with Gasteiger partial charge >= 0.3 is 0 Å². The highest BCUT2D eigenvalue weighted by molar-refractivity contribution is 7.84. The Morgan fingerprint density at radius 2 is 2.05 bits per heavy atom. The molecule has 0 N–H and O–H groups in total. The molecule has 0 amide bonds. The lowest BCUT2D eigenvalue weighted by Crippen LogP contribution is -2.10. The van der Waals surface area contributed by atoms with Gasteiger partial charge in [-0.05, 0) is 26.3 Å². The van der Waals surface area contributed by atoms with E-state index in [4.69, 9.17) is 4.42 Å². The van der Waals surface area contributed by atoms with Crippen molar-refractivity contribution < 1.29 is 17.4 Å². The standard InChI is InChI=1S/C15H17F2NO2S/c1-4-14(12-6-5-11(16)7-13(12)17)21(19)8-15-18-9(2)10(3)20-15/h5-7,14H,4,8H2,1-3H3/t14-,21+/m0/s1. The number of rotatable bonds is 5. The predicted octanol–water partition coefficient (Wildman–Crippen LogP) is 3.97. The van der Waals surface area contributed by atoms with Crippen LogP contribution in [0.25, 0.3) is 0 Å². The molecule has 21 heavy (non-hydrogen) atoms. The molecule has 0 bridgehead atoms. The minimum atomic E-state index is -1.39. The molecule has 3 nitrogen and oxygen atoms in total. The van der Waals surface area contributed by atoms with Crippen molar-refractivity contribution in [3.63, 3.8) is 0 Å². The van der Waals surface area contributed by atoms with Gasteiger partial charge in [0.2, 0.25) is 5.89 Å². The van der Waals surface area contributed by atoms with E-state index in [1.165, 1.54) is 12.1 Å². The van der Waals surface area contributed by atoms with E-state index in [9.17, 15) is 13.0 Å². The summed E-state index contributed by atoms with van der Waals surface area (Å²) in [6.07, 6.45) is 0.480. The van der Waals surface area contributed by atoms with Crippen molar-refractivity contribution in [2.24, 2.45) is 0 Å². The van der Waals surface area contributed by atoms with Crippen molar-refractivity contribution in [2.75, 3.05) is 0 Å². The average molecular weight is 313 g/mol. The van der Waals surface area contributed by atoms with Crippen LogP contribution in [0.4, 0.5) is 8.78 Å². The average Bonchev–Trinajstić information content (AvgIpc) is 2.71. The van der Waals surface area contributed by atoms with E-state index in [2.05, 4.69) is 4.98 Å². The molecule has 1 heterocycles. The number of aryl methyl sites for hydroxylation is 2. The molecule has 0 aliphatic heterocycles. The summed E-state index contributed by atoms with van der Waals surface area (Å²) < 4.78 is 44.7. The van der Waals surface area contributed by atoms with Crippen molar-refractivity contribution in [3.05, 3.63) is 52.7 Å². The quantitative estimate of drug-likeness (QED) is 0.839. The van der Waals surface area contributed by atoms with E-state index in [1.54, 1.807) is 6.92 Å². The van der Waals surface area contributed by atoms with Crippen LogP contribution in [0.15, 0.2) is 22.6 Å². The van der Waals surface area contributed by atoms with Crippen LogP contribution in [0, 0.1) is 25.5 Å². The molecule has 0 spiro atoms. The van der Waals surface area contributed by atoms with E-state index < -0.39 is 27.7 Å².